The topological polar surface area (TPSA) is 92.7 Å². The molecule has 6 heteroatoms. The van der Waals surface area contributed by atoms with Crippen LogP contribution in [0.2, 0.25) is 0 Å². The van der Waals surface area contributed by atoms with Gasteiger partial charge in [0.1, 0.15) is 35.4 Å². The second-order valence-electron chi connectivity index (χ2n) is 6.89. The van der Waals surface area contributed by atoms with Crippen molar-refractivity contribution in [3.8, 4) is 16.9 Å². The van der Waals surface area contributed by atoms with Crippen molar-refractivity contribution in [3.63, 3.8) is 0 Å². The Balaban J connectivity index is 1.75. The average molecular weight is 403 g/mol. The Bertz CT molecular complexity index is 1250. The van der Waals surface area contributed by atoms with Gasteiger partial charge in [-0.2, -0.15) is 0 Å². The summed E-state index contributed by atoms with van der Waals surface area (Å²) in [5.41, 5.74) is 2.67. The van der Waals surface area contributed by atoms with E-state index in [1.807, 2.05) is 36.4 Å². The SMILES string of the molecule is CCCc1cc2c(-c3ccccc3)cc(=O)oc2cc1OCc1ccc(C(=O)[O-])o1. The number of ether oxygens (including phenoxy) is 1. The molecule has 0 radical (unpaired) electrons. The summed E-state index contributed by atoms with van der Waals surface area (Å²) < 4.78 is 16.5. The molecule has 0 saturated heterocycles. The molecule has 2 heterocycles. The summed E-state index contributed by atoms with van der Waals surface area (Å²) in [5.74, 6) is -0.714. The first-order valence-electron chi connectivity index (χ1n) is 9.64. The summed E-state index contributed by atoms with van der Waals surface area (Å²) in [6, 6.07) is 17.7. The smallest absolute Gasteiger partial charge is 0.336 e. The molecule has 4 rings (SSSR count). The zero-order valence-electron chi connectivity index (χ0n) is 16.3. The number of benzene rings is 2. The van der Waals surface area contributed by atoms with Gasteiger partial charge in [-0.05, 0) is 41.3 Å². The van der Waals surface area contributed by atoms with E-state index < -0.39 is 11.6 Å². The molecule has 0 atom stereocenters. The monoisotopic (exact) mass is 403 g/mol. The molecule has 0 aliphatic rings. The molecule has 0 N–H and O–H groups in total. The van der Waals surface area contributed by atoms with E-state index in [2.05, 4.69) is 6.92 Å². The number of hydrogen-bond donors (Lipinski definition) is 0. The highest BCUT2D eigenvalue weighted by Crippen LogP contribution is 2.33. The van der Waals surface area contributed by atoms with E-state index in [1.54, 1.807) is 6.07 Å². The Hall–Kier alpha value is -3.80. The lowest BCUT2D eigenvalue weighted by atomic mass is 9.98. The lowest BCUT2D eigenvalue weighted by Crippen LogP contribution is -2.21. The van der Waals surface area contributed by atoms with E-state index in [0.717, 1.165) is 34.9 Å². The van der Waals surface area contributed by atoms with Crippen molar-refractivity contribution in [3.05, 3.63) is 88.2 Å². The number of rotatable bonds is 7. The molecule has 0 unspecified atom stereocenters. The van der Waals surface area contributed by atoms with Gasteiger partial charge in [-0.25, -0.2) is 4.79 Å². The zero-order chi connectivity index (χ0) is 21.1. The fraction of sp³-hybridized carbons (Fsp3) is 0.167. The maximum Gasteiger partial charge on any atom is 0.336 e. The van der Waals surface area contributed by atoms with Gasteiger partial charge in [-0.3, -0.25) is 0 Å². The fourth-order valence-electron chi connectivity index (χ4n) is 3.40. The van der Waals surface area contributed by atoms with Crippen LogP contribution in [0.25, 0.3) is 22.1 Å². The van der Waals surface area contributed by atoms with Gasteiger partial charge in [-0.1, -0.05) is 43.7 Å². The van der Waals surface area contributed by atoms with Crippen LogP contribution in [0.15, 0.2) is 74.3 Å². The van der Waals surface area contributed by atoms with Crippen molar-refractivity contribution in [1.82, 2.24) is 0 Å². The van der Waals surface area contributed by atoms with Crippen molar-refractivity contribution in [2.24, 2.45) is 0 Å². The first-order chi connectivity index (χ1) is 14.5. The number of carboxylic acids is 1. The molecular formula is C24H19O6-. The highest BCUT2D eigenvalue weighted by atomic mass is 16.5. The molecule has 2 aromatic heterocycles. The number of carboxylic acid groups (broad SMARTS) is 1. The minimum atomic E-state index is -1.38. The predicted molar refractivity (Wildman–Crippen MR) is 109 cm³/mol. The van der Waals surface area contributed by atoms with E-state index in [9.17, 15) is 14.7 Å². The third-order valence-electron chi connectivity index (χ3n) is 4.76. The van der Waals surface area contributed by atoms with Gasteiger partial charge in [0.05, 0.1) is 0 Å². The van der Waals surface area contributed by atoms with E-state index in [0.29, 0.717) is 17.1 Å². The molecule has 0 saturated carbocycles. The second kappa shape index (κ2) is 8.29. The highest BCUT2D eigenvalue weighted by Gasteiger charge is 2.14. The fourth-order valence-corrected chi connectivity index (χ4v) is 3.40. The number of aromatic carboxylic acids is 1. The Labute approximate surface area is 172 Å². The Kier molecular flexibility index (Phi) is 5.39. The van der Waals surface area contributed by atoms with Crippen LogP contribution in [-0.4, -0.2) is 5.97 Å². The summed E-state index contributed by atoms with van der Waals surface area (Å²) in [5, 5.41) is 11.7. The van der Waals surface area contributed by atoms with Gasteiger partial charge in [0, 0.05) is 17.5 Å². The number of carbonyl (C=O) groups excluding carboxylic acids is 1. The summed E-state index contributed by atoms with van der Waals surface area (Å²) in [7, 11) is 0. The van der Waals surface area contributed by atoms with Crippen molar-refractivity contribution >= 4 is 16.9 Å². The Morgan fingerprint density at radius 1 is 1.03 bits per heavy atom. The van der Waals surface area contributed by atoms with Gasteiger partial charge in [-0.15, -0.1) is 0 Å². The van der Waals surface area contributed by atoms with Crippen LogP contribution in [0.1, 0.15) is 35.2 Å². The number of hydrogen-bond acceptors (Lipinski definition) is 6. The maximum atomic E-state index is 12.2. The van der Waals surface area contributed by atoms with Crippen LogP contribution >= 0.6 is 0 Å². The van der Waals surface area contributed by atoms with Crippen LogP contribution in [0.3, 0.4) is 0 Å². The highest BCUT2D eigenvalue weighted by molar-refractivity contribution is 5.94. The summed E-state index contributed by atoms with van der Waals surface area (Å²) in [6.45, 7) is 2.11. The molecular weight excluding hydrogens is 384 g/mol. The maximum absolute atomic E-state index is 12.2. The van der Waals surface area contributed by atoms with Crippen molar-refractivity contribution in [2.75, 3.05) is 0 Å². The van der Waals surface area contributed by atoms with E-state index in [4.69, 9.17) is 13.6 Å². The van der Waals surface area contributed by atoms with Crippen LogP contribution in [0.4, 0.5) is 0 Å². The summed E-state index contributed by atoms with van der Waals surface area (Å²) >= 11 is 0. The molecule has 152 valence electrons. The quantitative estimate of drug-likeness (QED) is 0.434. The molecule has 0 bridgehead atoms. The molecule has 0 fully saturated rings. The molecule has 0 aliphatic heterocycles. The first kappa shape index (κ1) is 19.5. The molecule has 2 aromatic carbocycles. The Morgan fingerprint density at radius 2 is 1.83 bits per heavy atom. The Morgan fingerprint density at radius 3 is 2.53 bits per heavy atom. The molecule has 0 spiro atoms. The van der Waals surface area contributed by atoms with Crippen molar-refractivity contribution in [2.45, 2.75) is 26.4 Å². The van der Waals surface area contributed by atoms with Crippen molar-refractivity contribution < 1.29 is 23.5 Å². The minimum Gasteiger partial charge on any atom is -0.542 e. The third kappa shape index (κ3) is 3.98. The van der Waals surface area contributed by atoms with Crippen molar-refractivity contribution in [1.29, 1.82) is 0 Å². The predicted octanol–water partition coefficient (Wildman–Crippen LogP) is 3.95. The number of aryl methyl sites for hydroxylation is 1. The summed E-state index contributed by atoms with van der Waals surface area (Å²) in [6.07, 6.45) is 1.66. The third-order valence-corrected chi connectivity index (χ3v) is 4.76. The van der Waals surface area contributed by atoms with Crippen LogP contribution in [0, 0.1) is 0 Å². The van der Waals surface area contributed by atoms with E-state index in [-0.39, 0.29) is 12.4 Å². The molecule has 6 nitrogen and oxygen atoms in total. The minimum absolute atomic E-state index is 0.0398. The lowest BCUT2D eigenvalue weighted by Gasteiger charge is -2.13. The molecule has 0 aliphatic carbocycles. The van der Waals surface area contributed by atoms with Crippen LogP contribution < -0.4 is 15.5 Å². The van der Waals surface area contributed by atoms with Crippen LogP contribution in [0.5, 0.6) is 5.75 Å². The zero-order valence-corrected chi connectivity index (χ0v) is 16.3. The van der Waals surface area contributed by atoms with E-state index >= 15 is 0 Å². The molecule has 0 amide bonds. The largest absolute Gasteiger partial charge is 0.542 e. The number of carbonyl (C=O) groups is 1. The van der Waals surface area contributed by atoms with Gasteiger partial charge < -0.3 is 23.5 Å². The lowest BCUT2D eigenvalue weighted by molar-refractivity contribution is -0.257. The molecule has 30 heavy (non-hydrogen) atoms. The first-order valence-corrected chi connectivity index (χ1v) is 9.64. The summed E-state index contributed by atoms with van der Waals surface area (Å²) in [4.78, 5) is 23.0. The number of fused-ring (bicyclic) bond motifs is 1. The number of furan rings is 1. The normalized spacial score (nSPS) is 11.0. The average Bonchev–Trinajstić information content (AvgIpc) is 3.22. The van der Waals surface area contributed by atoms with Gasteiger partial charge >= 0.3 is 5.63 Å². The second-order valence-corrected chi connectivity index (χ2v) is 6.89. The standard InChI is InChI=1S/C24H20O6/c1-2-6-16-11-19-18(15-7-4-3-5-8-15)12-23(25)30-22(19)13-21(16)28-14-17-9-10-20(29-17)24(26)27/h3-5,7-13H,2,6,14H2,1H3,(H,26,27)/p-1. The van der Waals surface area contributed by atoms with Crippen LogP contribution in [-0.2, 0) is 13.0 Å². The van der Waals surface area contributed by atoms with Gasteiger partial charge in [0.25, 0.3) is 0 Å². The van der Waals surface area contributed by atoms with Gasteiger partial charge in [0.15, 0.2) is 0 Å². The van der Waals surface area contributed by atoms with Gasteiger partial charge in [0.2, 0.25) is 0 Å². The van der Waals surface area contributed by atoms with E-state index in [1.165, 1.54) is 18.2 Å². The molecule has 4 aromatic rings.